The van der Waals surface area contributed by atoms with E-state index in [1.54, 1.807) is 57.2 Å². The van der Waals surface area contributed by atoms with E-state index in [2.05, 4.69) is 10.6 Å². The van der Waals surface area contributed by atoms with E-state index in [4.69, 9.17) is 9.15 Å². The Morgan fingerprint density at radius 1 is 1.00 bits per heavy atom. The van der Waals surface area contributed by atoms with Gasteiger partial charge in [0.05, 0.1) is 6.26 Å². The van der Waals surface area contributed by atoms with Crippen molar-refractivity contribution in [2.24, 2.45) is 0 Å². The van der Waals surface area contributed by atoms with Gasteiger partial charge in [-0.2, -0.15) is 0 Å². The molecule has 1 heterocycles. The molecule has 2 N–H and O–H groups in total. The standard InChI is InChI=1S/C16H18N2O4/c1-16(2,3)22-15(20)18-12-8-6-11(7-9-12)17-14(19)13-5-4-10-21-13/h4-10H,1-3H3,(H,17,19)(H,18,20). The maximum atomic E-state index is 11.8. The highest BCUT2D eigenvalue weighted by Crippen LogP contribution is 2.16. The first kappa shape index (κ1) is 15.6. The summed E-state index contributed by atoms with van der Waals surface area (Å²) in [5, 5.41) is 5.30. The van der Waals surface area contributed by atoms with Crippen LogP contribution >= 0.6 is 0 Å². The summed E-state index contributed by atoms with van der Waals surface area (Å²) in [6.45, 7) is 5.37. The molecule has 1 aromatic heterocycles. The van der Waals surface area contributed by atoms with E-state index in [1.807, 2.05) is 0 Å². The number of rotatable bonds is 3. The average molecular weight is 302 g/mol. The maximum Gasteiger partial charge on any atom is 0.412 e. The summed E-state index contributed by atoms with van der Waals surface area (Å²) >= 11 is 0. The molecule has 0 spiro atoms. The first-order chi connectivity index (χ1) is 10.3. The molecule has 0 aliphatic carbocycles. The highest BCUT2D eigenvalue weighted by molar-refractivity contribution is 6.02. The lowest BCUT2D eigenvalue weighted by molar-refractivity contribution is 0.0635. The summed E-state index contributed by atoms with van der Waals surface area (Å²) in [7, 11) is 0. The average Bonchev–Trinajstić information content (AvgIpc) is 2.92. The van der Waals surface area contributed by atoms with Crippen LogP contribution in [0, 0.1) is 0 Å². The molecule has 1 aromatic carbocycles. The third-order valence-corrected chi connectivity index (χ3v) is 2.53. The number of nitrogens with one attached hydrogen (secondary N) is 2. The fourth-order valence-electron chi connectivity index (χ4n) is 1.66. The molecule has 0 unspecified atom stereocenters. The lowest BCUT2D eigenvalue weighted by Crippen LogP contribution is -2.27. The van der Waals surface area contributed by atoms with E-state index in [1.165, 1.54) is 6.26 Å². The fourth-order valence-corrected chi connectivity index (χ4v) is 1.66. The minimum Gasteiger partial charge on any atom is -0.459 e. The number of anilines is 2. The Morgan fingerprint density at radius 2 is 1.59 bits per heavy atom. The molecule has 6 nitrogen and oxygen atoms in total. The lowest BCUT2D eigenvalue weighted by atomic mass is 10.2. The van der Waals surface area contributed by atoms with Crippen molar-refractivity contribution in [1.82, 2.24) is 0 Å². The number of carbonyl (C=O) groups is 2. The molecular formula is C16H18N2O4. The van der Waals surface area contributed by atoms with Gasteiger partial charge in [0.1, 0.15) is 5.60 Å². The molecule has 116 valence electrons. The smallest absolute Gasteiger partial charge is 0.412 e. The fraction of sp³-hybridized carbons (Fsp3) is 0.250. The molecule has 0 atom stereocenters. The van der Waals surface area contributed by atoms with Crippen LogP contribution in [0.5, 0.6) is 0 Å². The van der Waals surface area contributed by atoms with Crippen LogP contribution in [0.2, 0.25) is 0 Å². The van der Waals surface area contributed by atoms with Crippen molar-refractivity contribution in [2.75, 3.05) is 10.6 Å². The maximum absolute atomic E-state index is 11.8. The van der Waals surface area contributed by atoms with Crippen molar-refractivity contribution in [3.63, 3.8) is 0 Å². The van der Waals surface area contributed by atoms with Crippen LogP contribution in [0.25, 0.3) is 0 Å². The Labute approximate surface area is 128 Å². The number of benzene rings is 1. The topological polar surface area (TPSA) is 80.6 Å². The molecule has 2 rings (SSSR count). The lowest BCUT2D eigenvalue weighted by Gasteiger charge is -2.19. The molecule has 0 radical (unpaired) electrons. The van der Waals surface area contributed by atoms with Crippen molar-refractivity contribution >= 4 is 23.4 Å². The van der Waals surface area contributed by atoms with Gasteiger partial charge in [-0.05, 0) is 57.2 Å². The number of hydrogen-bond acceptors (Lipinski definition) is 4. The Hall–Kier alpha value is -2.76. The SMILES string of the molecule is CC(C)(C)OC(=O)Nc1ccc(NC(=O)c2ccco2)cc1. The number of ether oxygens (including phenoxy) is 1. The van der Waals surface area contributed by atoms with E-state index in [0.29, 0.717) is 11.4 Å². The summed E-state index contributed by atoms with van der Waals surface area (Å²) in [6, 6.07) is 9.90. The Bertz CT molecular complexity index is 640. The van der Waals surface area contributed by atoms with Crippen LogP contribution in [0.4, 0.5) is 16.2 Å². The molecule has 0 bridgehead atoms. The van der Waals surface area contributed by atoms with E-state index < -0.39 is 11.7 Å². The second-order valence-corrected chi connectivity index (χ2v) is 5.64. The van der Waals surface area contributed by atoms with Gasteiger partial charge in [-0.3, -0.25) is 10.1 Å². The second kappa shape index (κ2) is 6.34. The number of furan rings is 1. The molecular weight excluding hydrogens is 284 g/mol. The third kappa shape index (κ3) is 4.66. The van der Waals surface area contributed by atoms with Crippen molar-refractivity contribution in [2.45, 2.75) is 26.4 Å². The van der Waals surface area contributed by atoms with Crippen molar-refractivity contribution in [3.05, 3.63) is 48.4 Å². The third-order valence-electron chi connectivity index (χ3n) is 2.53. The van der Waals surface area contributed by atoms with Gasteiger partial charge in [0.15, 0.2) is 5.76 Å². The van der Waals surface area contributed by atoms with Gasteiger partial charge in [-0.25, -0.2) is 4.79 Å². The van der Waals surface area contributed by atoms with Gasteiger partial charge in [0.2, 0.25) is 0 Å². The van der Waals surface area contributed by atoms with Crippen molar-refractivity contribution in [1.29, 1.82) is 0 Å². The van der Waals surface area contributed by atoms with E-state index in [9.17, 15) is 9.59 Å². The highest BCUT2D eigenvalue weighted by atomic mass is 16.6. The molecule has 22 heavy (non-hydrogen) atoms. The summed E-state index contributed by atoms with van der Waals surface area (Å²) in [6.07, 6.45) is 0.905. The summed E-state index contributed by atoms with van der Waals surface area (Å²) in [4.78, 5) is 23.4. The van der Waals surface area contributed by atoms with Gasteiger partial charge >= 0.3 is 6.09 Å². The monoisotopic (exact) mass is 302 g/mol. The summed E-state index contributed by atoms with van der Waals surface area (Å²) in [5.41, 5.74) is 0.613. The largest absolute Gasteiger partial charge is 0.459 e. The zero-order valence-electron chi connectivity index (χ0n) is 12.7. The molecule has 2 aromatic rings. The van der Waals surface area contributed by atoms with Crippen molar-refractivity contribution < 1.29 is 18.7 Å². The summed E-state index contributed by atoms with van der Waals surface area (Å²) < 4.78 is 10.2. The molecule has 0 aliphatic heterocycles. The van der Waals surface area contributed by atoms with Gasteiger partial charge in [-0.15, -0.1) is 0 Å². The predicted octanol–water partition coefficient (Wildman–Crippen LogP) is 3.88. The number of hydrogen-bond donors (Lipinski definition) is 2. The van der Waals surface area contributed by atoms with Crippen LogP contribution in [0.1, 0.15) is 31.3 Å². The highest BCUT2D eigenvalue weighted by Gasteiger charge is 2.16. The van der Waals surface area contributed by atoms with E-state index in [-0.39, 0.29) is 11.7 Å². The molecule has 0 aliphatic rings. The van der Waals surface area contributed by atoms with Crippen molar-refractivity contribution in [3.8, 4) is 0 Å². The van der Waals surface area contributed by atoms with Crippen LogP contribution < -0.4 is 10.6 Å². The predicted molar refractivity (Wildman–Crippen MR) is 83.0 cm³/mol. The van der Waals surface area contributed by atoms with Gasteiger partial charge in [0, 0.05) is 11.4 Å². The molecule has 0 saturated carbocycles. The molecule has 0 fully saturated rings. The van der Waals surface area contributed by atoms with Gasteiger partial charge < -0.3 is 14.5 Å². The van der Waals surface area contributed by atoms with E-state index >= 15 is 0 Å². The normalized spacial score (nSPS) is 10.9. The zero-order valence-corrected chi connectivity index (χ0v) is 12.7. The summed E-state index contributed by atoms with van der Waals surface area (Å²) in [5.74, 6) is -0.103. The Morgan fingerprint density at radius 3 is 2.09 bits per heavy atom. The first-order valence-electron chi connectivity index (χ1n) is 6.78. The zero-order chi connectivity index (χ0) is 16.2. The van der Waals surface area contributed by atoms with Crippen LogP contribution in [-0.2, 0) is 4.74 Å². The minimum atomic E-state index is -0.555. The minimum absolute atomic E-state index is 0.232. The van der Waals surface area contributed by atoms with Crippen LogP contribution in [-0.4, -0.2) is 17.6 Å². The first-order valence-corrected chi connectivity index (χ1v) is 6.78. The molecule has 2 amide bonds. The molecule has 6 heteroatoms. The van der Waals surface area contributed by atoms with Crippen LogP contribution in [0.3, 0.4) is 0 Å². The second-order valence-electron chi connectivity index (χ2n) is 5.64. The van der Waals surface area contributed by atoms with Crippen LogP contribution in [0.15, 0.2) is 47.1 Å². The van der Waals surface area contributed by atoms with E-state index in [0.717, 1.165) is 0 Å². The Balaban J connectivity index is 1.93. The van der Waals surface area contributed by atoms with Gasteiger partial charge in [0.25, 0.3) is 5.91 Å². The molecule has 0 saturated heterocycles. The number of carbonyl (C=O) groups excluding carboxylic acids is 2. The number of amides is 2. The quantitative estimate of drug-likeness (QED) is 0.901. The van der Waals surface area contributed by atoms with Gasteiger partial charge in [-0.1, -0.05) is 0 Å². The Kier molecular flexibility index (Phi) is 4.50.